The fourth-order valence-electron chi connectivity index (χ4n) is 11.4. The molecule has 6 aliphatic rings. The van der Waals surface area contributed by atoms with E-state index in [0.717, 1.165) is 119 Å². The molecule has 7 heterocycles. The molecule has 1 unspecified atom stereocenters. The smallest absolute Gasteiger partial charge is 0.274 e. The lowest BCUT2D eigenvalue weighted by atomic mass is 9.60. The van der Waals surface area contributed by atoms with Crippen molar-refractivity contribution in [1.82, 2.24) is 39.5 Å². The van der Waals surface area contributed by atoms with Gasteiger partial charge in [-0.25, -0.2) is 4.52 Å². The minimum atomic E-state index is -1.23. The number of fused-ring (bicyclic) bond motifs is 5. The number of rotatable bonds is 8. The molecule has 3 saturated carbocycles. The number of aromatic nitrogens is 5. The first kappa shape index (κ1) is 40.4. The van der Waals surface area contributed by atoms with E-state index < -0.39 is 5.60 Å². The third-order valence-corrected chi connectivity index (χ3v) is 15.0. The number of benzene rings is 1. The van der Waals surface area contributed by atoms with Crippen molar-refractivity contribution in [3.8, 4) is 6.07 Å². The summed E-state index contributed by atoms with van der Waals surface area (Å²) in [6, 6.07) is 15.7. The Hall–Kier alpha value is -5.69. The molecule has 1 atom stereocenters. The van der Waals surface area contributed by atoms with E-state index in [1.165, 1.54) is 10.7 Å². The summed E-state index contributed by atoms with van der Waals surface area (Å²) in [5.41, 5.74) is 5.10. The van der Waals surface area contributed by atoms with Crippen LogP contribution in [0.5, 0.6) is 0 Å². The molecule has 15 nitrogen and oxygen atoms in total. The number of imide groups is 1. The Balaban J connectivity index is 0.760. The van der Waals surface area contributed by atoms with Gasteiger partial charge in [-0.3, -0.25) is 39.2 Å². The van der Waals surface area contributed by atoms with E-state index in [-0.39, 0.29) is 34.7 Å². The van der Waals surface area contributed by atoms with Gasteiger partial charge in [0.15, 0.2) is 0 Å². The molecule has 1 aromatic carbocycles. The van der Waals surface area contributed by atoms with Crippen LogP contribution >= 0.6 is 0 Å². The number of anilines is 2. The Morgan fingerprint density at radius 3 is 2.34 bits per heavy atom. The van der Waals surface area contributed by atoms with Crippen LogP contribution in [0, 0.1) is 18.3 Å². The van der Waals surface area contributed by atoms with E-state index in [2.05, 4.69) is 53.4 Å². The second-order valence-corrected chi connectivity index (χ2v) is 19.0. The third kappa shape index (κ3) is 7.11. The molecule has 3 N–H and O–H groups in total. The largest absolute Gasteiger partial charge is 0.386 e. The van der Waals surface area contributed by atoms with Gasteiger partial charge < -0.3 is 15.3 Å². The quantitative estimate of drug-likeness (QED) is 0.172. The minimum absolute atomic E-state index is 0.0488. The summed E-state index contributed by atoms with van der Waals surface area (Å²) in [7, 11) is 0. The van der Waals surface area contributed by atoms with Crippen molar-refractivity contribution in [2.24, 2.45) is 0 Å². The molecule has 4 aromatic heterocycles. The summed E-state index contributed by atoms with van der Waals surface area (Å²) in [5.74, 6) is -1.17. The number of aliphatic hydroxyl groups is 1. The molecule has 3 aliphatic carbocycles. The number of nitrogens with zero attached hydrogens (tertiary/aromatic N) is 9. The number of nitrogens with one attached hydrogen (secondary N) is 2. The van der Waals surface area contributed by atoms with Crippen molar-refractivity contribution in [3.63, 3.8) is 0 Å². The molecule has 0 spiro atoms. The Labute approximate surface area is 361 Å². The number of nitriles is 1. The highest BCUT2D eigenvalue weighted by molar-refractivity contribution is 6.05. The second kappa shape index (κ2) is 15.3. The summed E-state index contributed by atoms with van der Waals surface area (Å²) in [4.78, 5) is 50.5. The van der Waals surface area contributed by atoms with Gasteiger partial charge in [-0.1, -0.05) is 0 Å². The first-order chi connectivity index (χ1) is 29.8. The van der Waals surface area contributed by atoms with Gasteiger partial charge in [0.1, 0.15) is 11.8 Å². The van der Waals surface area contributed by atoms with Crippen molar-refractivity contribution >= 4 is 45.5 Å². The molecule has 5 aromatic rings. The molecule has 15 heteroatoms. The molecule has 6 fully saturated rings. The van der Waals surface area contributed by atoms with Crippen LogP contribution in [-0.2, 0) is 20.7 Å². The molecule has 11 rings (SSSR count). The standard InChI is InChI=1S/C47H55N11O4/c1-30-40(8-6-37(50-30)35-5-9-42(59)52-43(35)60)55-18-10-33(11-19-55)54-20-22-56(23-21-54)46-12-15-47(16-13-46,17-14-46)57-29-32-25-39(36(45(2,3)62)26-38(32)53-57)51-44(61)41-7-4-34-24-31(27-48)28-49-58(34)41/h4,6-8,24-26,28-29,33,35,62H,5,9-23H2,1-3H3,(H,51,61)(H,52,59,60). The summed E-state index contributed by atoms with van der Waals surface area (Å²) in [6.45, 7) is 11.9. The van der Waals surface area contributed by atoms with Gasteiger partial charge in [0.05, 0.1) is 56.9 Å². The maximum absolute atomic E-state index is 13.6. The number of hydrogen-bond donors (Lipinski definition) is 3. The zero-order valence-corrected chi connectivity index (χ0v) is 35.9. The van der Waals surface area contributed by atoms with Crippen LogP contribution in [0.15, 0.2) is 54.9 Å². The highest BCUT2D eigenvalue weighted by Crippen LogP contribution is 2.54. The first-order valence-electron chi connectivity index (χ1n) is 22.3. The Morgan fingerprint density at radius 1 is 0.935 bits per heavy atom. The van der Waals surface area contributed by atoms with Crippen molar-refractivity contribution in [3.05, 3.63) is 83.1 Å². The van der Waals surface area contributed by atoms with Crippen LogP contribution in [0.2, 0.25) is 0 Å². The number of hydrogen-bond acceptors (Lipinski definition) is 11. The number of carbonyl (C=O) groups excluding carboxylic acids is 3. The topological polar surface area (TPSA) is 177 Å². The fraction of sp³-hybridized carbons (Fsp3) is 0.511. The van der Waals surface area contributed by atoms with E-state index >= 15 is 0 Å². The van der Waals surface area contributed by atoms with Crippen molar-refractivity contribution in [2.45, 2.75) is 114 Å². The number of piperazine rings is 1. The molecule has 3 saturated heterocycles. The summed E-state index contributed by atoms with van der Waals surface area (Å²) in [5, 5.41) is 36.4. The molecule has 2 bridgehead atoms. The van der Waals surface area contributed by atoms with Gasteiger partial charge >= 0.3 is 0 Å². The molecule has 62 heavy (non-hydrogen) atoms. The second-order valence-electron chi connectivity index (χ2n) is 19.0. The van der Waals surface area contributed by atoms with Crippen LogP contribution in [-0.4, -0.2) is 108 Å². The van der Waals surface area contributed by atoms with Crippen LogP contribution in [0.4, 0.5) is 11.4 Å². The molecule has 0 radical (unpaired) electrons. The highest BCUT2D eigenvalue weighted by atomic mass is 16.3. The number of carbonyl (C=O) groups is 3. The van der Waals surface area contributed by atoms with Gasteiger partial charge in [-0.2, -0.15) is 15.5 Å². The zero-order valence-electron chi connectivity index (χ0n) is 35.9. The maximum atomic E-state index is 13.6. The zero-order chi connectivity index (χ0) is 43.0. The first-order valence-corrected chi connectivity index (χ1v) is 22.3. The van der Waals surface area contributed by atoms with E-state index in [0.29, 0.717) is 46.9 Å². The van der Waals surface area contributed by atoms with E-state index in [4.69, 9.17) is 10.1 Å². The molecule has 3 amide bonds. The van der Waals surface area contributed by atoms with Crippen LogP contribution in [0.25, 0.3) is 16.4 Å². The Kier molecular flexibility index (Phi) is 9.96. The van der Waals surface area contributed by atoms with Gasteiger partial charge in [0.2, 0.25) is 11.8 Å². The Morgan fingerprint density at radius 2 is 1.66 bits per heavy atom. The van der Waals surface area contributed by atoms with E-state index in [1.807, 2.05) is 25.1 Å². The maximum Gasteiger partial charge on any atom is 0.274 e. The number of amides is 3. The summed E-state index contributed by atoms with van der Waals surface area (Å²) in [6.07, 6.45) is 13.4. The summed E-state index contributed by atoms with van der Waals surface area (Å²) >= 11 is 0. The van der Waals surface area contributed by atoms with Gasteiger partial charge in [0, 0.05) is 80.1 Å². The normalized spacial score (nSPS) is 25.3. The fourth-order valence-corrected chi connectivity index (χ4v) is 11.4. The van der Waals surface area contributed by atoms with E-state index in [9.17, 15) is 24.8 Å². The Bertz CT molecular complexity index is 2610. The third-order valence-electron chi connectivity index (χ3n) is 15.0. The monoisotopic (exact) mass is 837 g/mol. The lowest BCUT2D eigenvalue weighted by Crippen LogP contribution is -2.64. The number of piperidine rings is 2. The van der Waals surface area contributed by atoms with Crippen molar-refractivity contribution in [2.75, 3.05) is 49.5 Å². The van der Waals surface area contributed by atoms with E-state index in [1.54, 1.807) is 32.0 Å². The number of pyridine rings is 1. The predicted molar refractivity (Wildman–Crippen MR) is 234 cm³/mol. The molecular formula is C47H55N11O4. The van der Waals surface area contributed by atoms with Crippen molar-refractivity contribution in [1.29, 1.82) is 5.26 Å². The predicted octanol–water partition coefficient (Wildman–Crippen LogP) is 5.35. The van der Waals surface area contributed by atoms with Gasteiger partial charge in [0.25, 0.3) is 5.91 Å². The lowest BCUT2D eigenvalue weighted by molar-refractivity contribution is -0.134. The molecule has 322 valence electrons. The minimum Gasteiger partial charge on any atom is -0.386 e. The average Bonchev–Trinajstić information content (AvgIpc) is 3.91. The lowest BCUT2D eigenvalue weighted by Gasteiger charge is -2.59. The number of aryl methyl sites for hydroxylation is 1. The van der Waals surface area contributed by atoms with Crippen LogP contribution in [0.3, 0.4) is 0 Å². The van der Waals surface area contributed by atoms with Gasteiger partial charge in [-0.15, -0.1) is 0 Å². The highest BCUT2D eigenvalue weighted by Gasteiger charge is 2.53. The average molecular weight is 838 g/mol. The molecular weight excluding hydrogens is 783 g/mol. The SMILES string of the molecule is Cc1nc(C2CCC(=O)NC2=O)ccc1N1CCC(N2CCN(C34CCC(n5cc6cc(NC(=O)c7ccc8cc(C#N)cnn78)c(C(C)(C)O)cc6n5)(CC3)CC4)CC2)CC1. The van der Waals surface area contributed by atoms with Crippen LogP contribution in [0.1, 0.15) is 117 Å². The molecule has 3 aliphatic heterocycles. The van der Waals surface area contributed by atoms with Crippen LogP contribution < -0.4 is 15.5 Å². The van der Waals surface area contributed by atoms with Gasteiger partial charge in [-0.05, 0) is 121 Å². The summed E-state index contributed by atoms with van der Waals surface area (Å²) < 4.78 is 3.72. The van der Waals surface area contributed by atoms with Crippen molar-refractivity contribution < 1.29 is 19.5 Å².